The van der Waals surface area contributed by atoms with Gasteiger partial charge in [-0.2, -0.15) is 0 Å². The fourth-order valence-corrected chi connectivity index (χ4v) is 4.57. The molecule has 0 radical (unpaired) electrons. The van der Waals surface area contributed by atoms with Crippen LogP contribution in [-0.4, -0.2) is 22.5 Å². The van der Waals surface area contributed by atoms with E-state index in [2.05, 4.69) is 20.8 Å². The van der Waals surface area contributed by atoms with Crippen LogP contribution in [0.2, 0.25) is 0 Å². The average molecular weight is 358 g/mol. The van der Waals surface area contributed by atoms with Crippen LogP contribution in [0.25, 0.3) is 0 Å². The van der Waals surface area contributed by atoms with Crippen LogP contribution in [0.4, 0.5) is 0 Å². The van der Waals surface area contributed by atoms with E-state index in [1.807, 2.05) is 12.1 Å². The number of hydrogen-bond donors (Lipinski definition) is 1. The van der Waals surface area contributed by atoms with Crippen LogP contribution in [0.3, 0.4) is 0 Å². The van der Waals surface area contributed by atoms with Crippen LogP contribution in [0.15, 0.2) is 18.2 Å². The summed E-state index contributed by atoms with van der Waals surface area (Å²) < 4.78 is 5.86. The third kappa shape index (κ3) is 3.94. The van der Waals surface area contributed by atoms with Crippen LogP contribution < -0.4 is 0 Å². The molecule has 1 atom stereocenters. The van der Waals surface area contributed by atoms with Crippen molar-refractivity contribution in [1.82, 2.24) is 0 Å². The molecule has 1 saturated carbocycles. The molecule has 1 aromatic carbocycles. The van der Waals surface area contributed by atoms with Crippen molar-refractivity contribution in [3.63, 3.8) is 0 Å². The first kappa shape index (κ1) is 18.9. The minimum absolute atomic E-state index is 0.00855. The van der Waals surface area contributed by atoms with Crippen LogP contribution in [0.1, 0.15) is 76.8 Å². The first-order chi connectivity index (χ1) is 12.2. The number of hydrogen-bond acceptors (Lipinski definition) is 4. The Labute approximate surface area is 155 Å². The number of carbonyl (C=O) groups excluding carboxylic acids is 2. The maximum Gasteiger partial charge on any atom is 0.313 e. The van der Waals surface area contributed by atoms with Crippen LogP contribution >= 0.6 is 0 Å². The van der Waals surface area contributed by atoms with E-state index in [1.54, 1.807) is 6.07 Å². The Bertz CT molecular complexity index is 677. The molecule has 4 heteroatoms. The summed E-state index contributed by atoms with van der Waals surface area (Å²) in [6.07, 6.45) is 6.03. The minimum atomic E-state index is -0.636. The quantitative estimate of drug-likeness (QED) is 0.638. The number of phenolic OH excluding ortho intramolecular Hbond substituents is 1. The van der Waals surface area contributed by atoms with Crippen molar-refractivity contribution in [3.05, 3.63) is 29.3 Å². The maximum absolute atomic E-state index is 12.2. The lowest BCUT2D eigenvalue weighted by atomic mass is 9.75. The Morgan fingerprint density at radius 1 is 1.19 bits per heavy atom. The van der Waals surface area contributed by atoms with Crippen molar-refractivity contribution < 1.29 is 19.4 Å². The molecule has 1 N–H and O–H groups in total. The highest BCUT2D eigenvalue weighted by Gasteiger charge is 2.47. The molecule has 1 aliphatic carbocycles. The molecule has 0 bridgehead atoms. The van der Waals surface area contributed by atoms with Crippen molar-refractivity contribution in [1.29, 1.82) is 0 Å². The molecule has 1 unspecified atom stereocenters. The topological polar surface area (TPSA) is 63.6 Å². The molecular weight excluding hydrogens is 328 g/mol. The maximum atomic E-state index is 12.2. The molecule has 2 aliphatic rings. The zero-order valence-electron chi connectivity index (χ0n) is 16.1. The van der Waals surface area contributed by atoms with Gasteiger partial charge in [0.2, 0.25) is 0 Å². The number of rotatable bonds is 4. The first-order valence-corrected chi connectivity index (χ1v) is 9.75. The second-order valence-electron chi connectivity index (χ2n) is 9.01. The van der Waals surface area contributed by atoms with Gasteiger partial charge in [-0.15, -0.1) is 0 Å². The van der Waals surface area contributed by atoms with Crippen molar-refractivity contribution in [2.75, 3.05) is 0 Å². The number of benzene rings is 1. The van der Waals surface area contributed by atoms with E-state index in [0.29, 0.717) is 18.6 Å². The van der Waals surface area contributed by atoms with Gasteiger partial charge in [0.25, 0.3) is 0 Å². The van der Waals surface area contributed by atoms with E-state index in [4.69, 9.17) is 4.74 Å². The lowest BCUT2D eigenvalue weighted by Crippen LogP contribution is -2.48. The van der Waals surface area contributed by atoms with Crippen LogP contribution in [0, 0.1) is 5.92 Å². The number of Topliss-reactive ketones (excluding diaryl/α,β-unsaturated/α-hetero) is 1. The Kier molecular flexibility index (Phi) is 5.14. The lowest BCUT2D eigenvalue weighted by molar-refractivity contribution is -0.178. The molecule has 0 amide bonds. The summed E-state index contributed by atoms with van der Waals surface area (Å²) in [6.45, 7) is 6.23. The van der Waals surface area contributed by atoms with Gasteiger partial charge in [-0.1, -0.05) is 45.7 Å². The van der Waals surface area contributed by atoms with Crippen molar-refractivity contribution >= 4 is 11.8 Å². The predicted octanol–water partition coefficient (Wildman–Crippen LogP) is 4.46. The summed E-state index contributed by atoms with van der Waals surface area (Å²) in [7, 11) is 0. The summed E-state index contributed by atoms with van der Waals surface area (Å²) in [5.41, 5.74) is 1.25. The first-order valence-electron chi connectivity index (χ1n) is 9.75. The van der Waals surface area contributed by atoms with Gasteiger partial charge < -0.3 is 9.84 Å². The molecule has 142 valence electrons. The van der Waals surface area contributed by atoms with E-state index in [0.717, 1.165) is 43.2 Å². The van der Waals surface area contributed by atoms with Gasteiger partial charge in [0.05, 0.1) is 0 Å². The van der Waals surface area contributed by atoms with Gasteiger partial charge in [0, 0.05) is 6.42 Å². The van der Waals surface area contributed by atoms with Crippen LogP contribution in [-0.2, 0) is 26.2 Å². The summed E-state index contributed by atoms with van der Waals surface area (Å²) >= 11 is 0. The third-order valence-corrected chi connectivity index (χ3v) is 5.96. The van der Waals surface area contributed by atoms with Gasteiger partial charge in [0.15, 0.2) is 0 Å². The molecular formula is C22H30O4. The number of ketones is 1. The van der Waals surface area contributed by atoms with Crippen molar-refractivity contribution in [2.24, 2.45) is 5.92 Å². The van der Waals surface area contributed by atoms with Crippen LogP contribution in [0.5, 0.6) is 5.75 Å². The molecule has 1 aliphatic heterocycles. The number of aryl methyl sites for hydroxylation is 1. The monoisotopic (exact) mass is 358 g/mol. The standard InChI is InChI=1S/C22H30O4/c1-21(2,3)18-12-15(8-9-19(18)24)10-11-22(16-6-4-5-7-16)14-17(23)13-20(25)26-22/h8-9,12,16,24H,4-7,10-11,13-14H2,1-3H3. The Balaban J connectivity index is 1.82. The molecule has 26 heavy (non-hydrogen) atoms. The van der Waals surface area contributed by atoms with Crippen molar-refractivity contribution in [2.45, 2.75) is 83.2 Å². The van der Waals surface area contributed by atoms with Gasteiger partial charge in [0.1, 0.15) is 23.6 Å². The number of esters is 1. The third-order valence-electron chi connectivity index (χ3n) is 5.96. The molecule has 1 saturated heterocycles. The SMILES string of the molecule is CC(C)(C)c1cc(CCC2(C3CCCC3)CC(=O)CC(=O)O2)ccc1O. The zero-order chi connectivity index (χ0) is 18.9. The predicted molar refractivity (Wildman–Crippen MR) is 100 cm³/mol. The van der Waals surface area contributed by atoms with E-state index in [-0.39, 0.29) is 29.5 Å². The Morgan fingerprint density at radius 3 is 2.50 bits per heavy atom. The average Bonchev–Trinajstić information content (AvgIpc) is 3.07. The molecule has 0 aromatic heterocycles. The fraction of sp³-hybridized carbons (Fsp3) is 0.636. The normalized spacial score (nSPS) is 24.7. The highest BCUT2D eigenvalue weighted by atomic mass is 16.6. The summed E-state index contributed by atoms with van der Waals surface area (Å²) in [5, 5.41) is 10.2. The van der Waals surface area contributed by atoms with Gasteiger partial charge >= 0.3 is 5.97 Å². The number of aromatic hydroxyl groups is 1. The van der Waals surface area contributed by atoms with Gasteiger partial charge in [-0.3, -0.25) is 9.59 Å². The smallest absolute Gasteiger partial charge is 0.313 e. The van der Waals surface area contributed by atoms with Gasteiger partial charge in [-0.05, 0) is 54.2 Å². The summed E-state index contributed by atoms with van der Waals surface area (Å²) in [5.74, 6) is 0.240. The number of carbonyl (C=O) groups is 2. The molecule has 4 nitrogen and oxygen atoms in total. The number of ether oxygens (including phenoxy) is 1. The molecule has 1 heterocycles. The second-order valence-corrected chi connectivity index (χ2v) is 9.01. The molecule has 2 fully saturated rings. The highest BCUT2D eigenvalue weighted by Crippen LogP contribution is 2.44. The molecule has 1 aromatic rings. The van der Waals surface area contributed by atoms with E-state index >= 15 is 0 Å². The zero-order valence-corrected chi connectivity index (χ0v) is 16.1. The largest absolute Gasteiger partial charge is 0.508 e. The molecule has 0 spiro atoms. The molecule has 3 rings (SSSR count). The Morgan fingerprint density at radius 2 is 1.88 bits per heavy atom. The van der Waals surface area contributed by atoms with Crippen molar-refractivity contribution in [3.8, 4) is 5.75 Å². The van der Waals surface area contributed by atoms with E-state index < -0.39 is 5.60 Å². The summed E-state index contributed by atoms with van der Waals surface area (Å²) in [4.78, 5) is 24.2. The van der Waals surface area contributed by atoms with Gasteiger partial charge in [-0.25, -0.2) is 0 Å². The second kappa shape index (κ2) is 7.05. The summed E-state index contributed by atoms with van der Waals surface area (Å²) in [6, 6.07) is 5.72. The minimum Gasteiger partial charge on any atom is -0.508 e. The Hall–Kier alpha value is -1.84. The van der Waals surface area contributed by atoms with E-state index in [9.17, 15) is 14.7 Å². The lowest BCUT2D eigenvalue weighted by Gasteiger charge is -2.41. The van der Waals surface area contributed by atoms with E-state index in [1.165, 1.54) is 0 Å². The number of cyclic esters (lactones) is 1. The number of phenols is 1. The highest BCUT2D eigenvalue weighted by molar-refractivity contribution is 5.98. The fourth-order valence-electron chi connectivity index (χ4n) is 4.57.